The lowest BCUT2D eigenvalue weighted by Gasteiger charge is -2.12. The van der Waals surface area contributed by atoms with E-state index in [2.05, 4.69) is 4.98 Å². The van der Waals surface area contributed by atoms with Crippen molar-refractivity contribution < 1.29 is 33.0 Å². The number of ether oxygens (including phenoxy) is 2. The molecule has 1 heterocycles. The second-order valence-corrected chi connectivity index (χ2v) is 7.38. The molecule has 0 spiro atoms. The van der Waals surface area contributed by atoms with Crippen molar-refractivity contribution in [2.24, 2.45) is 5.73 Å². The van der Waals surface area contributed by atoms with Crippen molar-refractivity contribution in [1.82, 2.24) is 4.98 Å². The summed E-state index contributed by atoms with van der Waals surface area (Å²) >= 11 is 0. The zero-order valence-corrected chi connectivity index (χ0v) is 18.1. The molecule has 7 nitrogen and oxygen atoms in total. The first-order valence-electron chi connectivity index (χ1n) is 10.3. The van der Waals surface area contributed by atoms with Crippen LogP contribution in [0.5, 0.6) is 23.3 Å². The first-order valence-corrected chi connectivity index (χ1v) is 10.3. The van der Waals surface area contributed by atoms with Gasteiger partial charge in [-0.2, -0.15) is 4.98 Å². The van der Waals surface area contributed by atoms with Gasteiger partial charge in [0.2, 0.25) is 0 Å². The topological polar surface area (TPSA) is 112 Å². The van der Waals surface area contributed by atoms with Gasteiger partial charge in [-0.1, -0.05) is 30.3 Å². The Bertz CT molecular complexity index is 1430. The number of carboxylic acids is 1. The number of halogens is 2. The third-order valence-electron chi connectivity index (χ3n) is 4.99. The van der Waals surface area contributed by atoms with Gasteiger partial charge in [0.25, 0.3) is 11.8 Å². The molecule has 0 atom stereocenters. The summed E-state index contributed by atoms with van der Waals surface area (Å²) in [5.41, 5.74) is 7.98. The zero-order valence-electron chi connectivity index (χ0n) is 18.1. The van der Waals surface area contributed by atoms with E-state index in [1.807, 2.05) is 30.3 Å². The summed E-state index contributed by atoms with van der Waals surface area (Å²) < 4.78 is 39.7. The highest BCUT2D eigenvalue weighted by Crippen LogP contribution is 2.33. The number of benzene rings is 3. The number of rotatable bonds is 8. The second-order valence-electron chi connectivity index (χ2n) is 7.38. The molecule has 4 rings (SSSR count). The summed E-state index contributed by atoms with van der Waals surface area (Å²) in [5.74, 6) is -4.98. The van der Waals surface area contributed by atoms with Crippen LogP contribution >= 0.6 is 0 Å². The van der Waals surface area contributed by atoms with Crippen LogP contribution < -0.4 is 15.2 Å². The zero-order chi connectivity index (χ0) is 24.9. The Balaban J connectivity index is 1.65. The molecule has 0 saturated heterocycles. The number of carbonyl (C=O) groups excluding carboxylic acids is 1. The fourth-order valence-corrected chi connectivity index (χ4v) is 3.29. The molecule has 0 unspecified atom stereocenters. The summed E-state index contributed by atoms with van der Waals surface area (Å²) in [7, 11) is 0. The van der Waals surface area contributed by atoms with Crippen molar-refractivity contribution in [1.29, 1.82) is 0 Å². The third kappa shape index (κ3) is 5.31. The van der Waals surface area contributed by atoms with Crippen LogP contribution in [-0.2, 0) is 6.54 Å². The Kier molecular flexibility index (Phi) is 6.79. The van der Waals surface area contributed by atoms with E-state index in [4.69, 9.17) is 15.2 Å². The molecule has 176 valence electrons. The first kappa shape index (κ1) is 23.5. The average molecular weight is 476 g/mol. The van der Waals surface area contributed by atoms with Crippen molar-refractivity contribution >= 4 is 12.3 Å². The van der Waals surface area contributed by atoms with E-state index < -0.39 is 34.9 Å². The van der Waals surface area contributed by atoms with E-state index in [1.165, 1.54) is 12.1 Å². The van der Waals surface area contributed by atoms with Gasteiger partial charge in [-0.05, 0) is 53.1 Å². The number of pyridine rings is 1. The highest BCUT2D eigenvalue weighted by atomic mass is 19.1. The summed E-state index contributed by atoms with van der Waals surface area (Å²) in [6, 6.07) is 18.4. The molecule has 4 aromatic rings. The van der Waals surface area contributed by atoms with Crippen LogP contribution in [0.2, 0.25) is 0 Å². The smallest absolute Gasteiger partial charge is 0.339 e. The van der Waals surface area contributed by atoms with Crippen LogP contribution in [0.3, 0.4) is 0 Å². The average Bonchev–Trinajstić information content (AvgIpc) is 2.87. The quantitative estimate of drug-likeness (QED) is 0.319. The van der Waals surface area contributed by atoms with E-state index in [9.17, 15) is 23.5 Å². The number of aromatic nitrogens is 1. The second kappa shape index (κ2) is 10.1. The molecule has 9 heteroatoms. The molecule has 0 aliphatic carbocycles. The van der Waals surface area contributed by atoms with E-state index >= 15 is 0 Å². The predicted molar refractivity (Wildman–Crippen MR) is 123 cm³/mol. The molecule has 1 aromatic heterocycles. The van der Waals surface area contributed by atoms with Gasteiger partial charge in [-0.15, -0.1) is 0 Å². The normalized spacial score (nSPS) is 10.6. The lowest BCUT2D eigenvalue weighted by atomic mass is 10.0. The molecular formula is C26H18F2N2O5. The lowest BCUT2D eigenvalue weighted by Crippen LogP contribution is -2.04. The SMILES string of the molecule is NCc1cccc(-c2cccc(Oc3nc(Oc4ccc(C=O)cc4C(=O)O)c(F)cc3F)c2)c1. The van der Waals surface area contributed by atoms with Crippen molar-refractivity contribution in [3.8, 4) is 34.4 Å². The van der Waals surface area contributed by atoms with Crippen molar-refractivity contribution in [3.05, 3.63) is 101 Å². The van der Waals surface area contributed by atoms with Crippen molar-refractivity contribution in [3.63, 3.8) is 0 Å². The summed E-state index contributed by atoms with van der Waals surface area (Å²) in [4.78, 5) is 26.2. The third-order valence-corrected chi connectivity index (χ3v) is 4.99. The minimum atomic E-state index is -1.40. The van der Waals surface area contributed by atoms with Crippen LogP contribution in [0.1, 0.15) is 26.3 Å². The van der Waals surface area contributed by atoms with E-state index in [-0.39, 0.29) is 17.1 Å². The Morgan fingerprint density at radius 3 is 2.29 bits per heavy atom. The minimum Gasteiger partial charge on any atom is -0.478 e. The number of nitrogens with zero attached hydrogens (tertiary/aromatic N) is 1. The number of carbonyl (C=O) groups is 2. The van der Waals surface area contributed by atoms with E-state index in [1.54, 1.807) is 18.2 Å². The number of hydrogen-bond donors (Lipinski definition) is 2. The minimum absolute atomic E-state index is 0.0863. The molecule has 3 N–H and O–H groups in total. The maximum absolute atomic E-state index is 14.5. The number of nitrogens with two attached hydrogens (primary N) is 1. The van der Waals surface area contributed by atoms with Gasteiger partial charge in [-0.25, -0.2) is 13.6 Å². The van der Waals surface area contributed by atoms with Crippen LogP contribution in [0.15, 0.2) is 72.8 Å². The molecule has 35 heavy (non-hydrogen) atoms. The molecule has 0 amide bonds. The van der Waals surface area contributed by atoms with Crippen molar-refractivity contribution in [2.45, 2.75) is 6.54 Å². The van der Waals surface area contributed by atoms with Gasteiger partial charge in [0.05, 0.1) is 0 Å². The Labute approximate surface area is 198 Å². The first-order chi connectivity index (χ1) is 16.9. The van der Waals surface area contributed by atoms with Crippen LogP contribution in [0.25, 0.3) is 11.1 Å². The molecule has 0 aliphatic rings. The monoisotopic (exact) mass is 476 g/mol. The van der Waals surface area contributed by atoms with Crippen molar-refractivity contribution in [2.75, 3.05) is 0 Å². The molecule has 0 fully saturated rings. The van der Waals surface area contributed by atoms with Gasteiger partial charge < -0.3 is 20.3 Å². The summed E-state index contributed by atoms with van der Waals surface area (Å²) in [5, 5.41) is 9.38. The predicted octanol–water partition coefficient (Wildman–Crippen LogP) is 5.58. The van der Waals surface area contributed by atoms with Gasteiger partial charge in [0, 0.05) is 18.2 Å². The van der Waals surface area contributed by atoms with Crippen LogP contribution in [0, 0.1) is 11.6 Å². The lowest BCUT2D eigenvalue weighted by molar-refractivity contribution is 0.0694. The van der Waals surface area contributed by atoms with Crippen LogP contribution in [-0.4, -0.2) is 22.3 Å². The van der Waals surface area contributed by atoms with Gasteiger partial charge in [-0.3, -0.25) is 4.79 Å². The fourth-order valence-electron chi connectivity index (χ4n) is 3.29. The van der Waals surface area contributed by atoms with Gasteiger partial charge in [0.1, 0.15) is 23.3 Å². The number of aldehydes is 1. The van der Waals surface area contributed by atoms with E-state index in [0.717, 1.165) is 22.8 Å². The van der Waals surface area contributed by atoms with Gasteiger partial charge >= 0.3 is 5.97 Å². The molecular weight excluding hydrogens is 458 g/mol. The molecule has 0 saturated carbocycles. The largest absolute Gasteiger partial charge is 0.478 e. The molecule has 3 aromatic carbocycles. The summed E-state index contributed by atoms with van der Waals surface area (Å²) in [6.45, 7) is 0.374. The van der Waals surface area contributed by atoms with Gasteiger partial charge in [0.15, 0.2) is 11.6 Å². The Morgan fingerprint density at radius 2 is 1.60 bits per heavy atom. The highest BCUT2D eigenvalue weighted by Gasteiger charge is 2.19. The fraction of sp³-hybridized carbons (Fsp3) is 0.0385. The maximum Gasteiger partial charge on any atom is 0.339 e. The molecule has 0 radical (unpaired) electrons. The number of hydrogen-bond acceptors (Lipinski definition) is 6. The standard InChI is InChI=1S/C26H18F2N2O5/c27-21-12-22(28)25(35-23-8-7-16(14-31)10-20(23)26(32)33)30-24(21)34-19-6-2-5-18(11-19)17-4-1-3-15(9-17)13-29/h1-12,14H,13,29H2,(H,32,33). The Hall–Kier alpha value is -4.63. The van der Waals surface area contributed by atoms with E-state index in [0.29, 0.717) is 18.9 Å². The molecule has 0 aliphatic heterocycles. The Morgan fingerprint density at radius 1 is 0.914 bits per heavy atom. The maximum atomic E-state index is 14.5. The summed E-state index contributed by atoms with van der Waals surface area (Å²) in [6.07, 6.45) is 0.458. The van der Waals surface area contributed by atoms with Crippen LogP contribution in [0.4, 0.5) is 8.78 Å². The number of aromatic carboxylic acids is 1. The molecule has 0 bridgehead atoms. The number of carboxylic acid groups (broad SMARTS) is 1. The highest BCUT2D eigenvalue weighted by molar-refractivity contribution is 5.93.